The number of rotatable bonds is 4. The van der Waals surface area contributed by atoms with E-state index in [4.69, 9.17) is 0 Å². The van der Waals surface area contributed by atoms with E-state index in [2.05, 4.69) is 20.4 Å². The maximum atomic E-state index is 14.1. The van der Waals surface area contributed by atoms with E-state index in [1.807, 2.05) is 11.8 Å². The Bertz CT molecular complexity index is 1570. The number of aromatic nitrogens is 6. The Morgan fingerprint density at radius 1 is 1.00 bits per heavy atom. The van der Waals surface area contributed by atoms with Crippen molar-refractivity contribution in [2.75, 3.05) is 11.5 Å². The van der Waals surface area contributed by atoms with Crippen LogP contribution in [0.3, 0.4) is 0 Å². The SMILES string of the molecule is O=C(NC1CCC(n2c(=O)c3cc(F)cnc3n(C3CCSCC3)c2=O)CC1)c1cc2ncccn2n1. The molecular formula is C25H26FN7O3S. The van der Waals surface area contributed by atoms with E-state index in [-0.39, 0.29) is 46.4 Å². The standard InChI is InChI=1S/C25H26FN7O3S/c26-15-12-19-22(28-14-15)32(18-6-10-37-11-7-18)25(36)33(24(19)35)17-4-2-16(3-5-17)29-23(34)20-13-21-27-8-1-9-31(21)30-20/h1,8-9,12-14,16-18H,2-7,10-11H2,(H,29,34). The first-order valence-electron chi connectivity index (χ1n) is 12.5. The topological polar surface area (TPSA) is 116 Å². The third-order valence-corrected chi connectivity index (χ3v) is 8.39. The minimum Gasteiger partial charge on any atom is -0.348 e. The fraction of sp³-hybridized carbons (Fsp3) is 0.440. The van der Waals surface area contributed by atoms with E-state index >= 15 is 0 Å². The van der Waals surface area contributed by atoms with E-state index in [1.54, 1.807) is 33.6 Å². The van der Waals surface area contributed by atoms with Crippen molar-refractivity contribution in [3.05, 3.63) is 69.1 Å². The molecule has 0 unspecified atom stereocenters. The molecule has 2 fully saturated rings. The zero-order valence-electron chi connectivity index (χ0n) is 20.0. The van der Waals surface area contributed by atoms with Gasteiger partial charge >= 0.3 is 5.69 Å². The second kappa shape index (κ2) is 9.73. The summed E-state index contributed by atoms with van der Waals surface area (Å²) in [6.07, 6.45) is 8.32. The van der Waals surface area contributed by atoms with E-state index in [0.717, 1.165) is 30.5 Å². The van der Waals surface area contributed by atoms with Crippen molar-refractivity contribution < 1.29 is 9.18 Å². The average molecular weight is 524 g/mol. The largest absolute Gasteiger partial charge is 0.348 e. The highest BCUT2D eigenvalue weighted by Gasteiger charge is 2.30. The molecule has 10 nitrogen and oxygen atoms in total. The predicted octanol–water partition coefficient (Wildman–Crippen LogP) is 2.72. The van der Waals surface area contributed by atoms with Gasteiger partial charge in [0.1, 0.15) is 11.5 Å². The summed E-state index contributed by atoms with van der Waals surface area (Å²) in [5.41, 5.74) is 0.254. The minimum absolute atomic E-state index is 0.0726. The molecule has 0 aromatic carbocycles. The maximum absolute atomic E-state index is 14.1. The van der Waals surface area contributed by atoms with Gasteiger partial charge in [-0.15, -0.1) is 0 Å². The molecule has 0 bridgehead atoms. The number of amides is 1. The Balaban J connectivity index is 1.25. The number of hydrogen-bond acceptors (Lipinski definition) is 7. The minimum atomic E-state index is -0.603. The molecule has 0 atom stereocenters. The van der Waals surface area contributed by atoms with Crippen molar-refractivity contribution in [3.8, 4) is 0 Å². The zero-order chi connectivity index (χ0) is 25.5. The fourth-order valence-corrected chi connectivity index (χ4v) is 6.56. The van der Waals surface area contributed by atoms with Crippen molar-refractivity contribution in [2.45, 2.75) is 56.7 Å². The summed E-state index contributed by atoms with van der Waals surface area (Å²) >= 11 is 1.84. The first-order chi connectivity index (χ1) is 18.0. The molecule has 5 heterocycles. The van der Waals surface area contributed by atoms with E-state index in [9.17, 15) is 18.8 Å². The van der Waals surface area contributed by atoms with Crippen molar-refractivity contribution in [1.82, 2.24) is 34.0 Å². The lowest BCUT2D eigenvalue weighted by atomic mass is 9.90. The van der Waals surface area contributed by atoms with Gasteiger partial charge in [-0.1, -0.05) is 0 Å². The van der Waals surface area contributed by atoms with Crippen molar-refractivity contribution >= 4 is 34.3 Å². The van der Waals surface area contributed by atoms with Crippen LogP contribution in [0.1, 0.15) is 61.1 Å². The second-order valence-corrected chi connectivity index (χ2v) is 10.9. The molecule has 1 aliphatic carbocycles. The summed E-state index contributed by atoms with van der Waals surface area (Å²) in [5, 5.41) is 7.42. The zero-order valence-corrected chi connectivity index (χ0v) is 20.9. The third kappa shape index (κ3) is 4.43. The molecular weight excluding hydrogens is 497 g/mol. The molecule has 192 valence electrons. The number of halogens is 1. The highest BCUT2D eigenvalue weighted by atomic mass is 32.2. The van der Waals surface area contributed by atoms with Crippen molar-refractivity contribution in [3.63, 3.8) is 0 Å². The smallest absolute Gasteiger partial charge is 0.333 e. The molecule has 4 aromatic rings. The number of nitrogens with zero attached hydrogens (tertiary/aromatic N) is 6. The van der Waals surface area contributed by atoms with Gasteiger partial charge in [0.05, 0.1) is 11.6 Å². The van der Waals surface area contributed by atoms with E-state index < -0.39 is 11.4 Å². The van der Waals surface area contributed by atoms with Gasteiger partial charge in [0.15, 0.2) is 11.3 Å². The highest BCUT2D eigenvalue weighted by molar-refractivity contribution is 7.99. The Morgan fingerprint density at radius 3 is 2.51 bits per heavy atom. The van der Waals surface area contributed by atoms with Crippen LogP contribution in [0.2, 0.25) is 0 Å². The molecule has 0 spiro atoms. The molecule has 0 radical (unpaired) electrons. The summed E-state index contributed by atoms with van der Waals surface area (Å²) in [6, 6.07) is 4.05. The Kier molecular flexibility index (Phi) is 6.27. The van der Waals surface area contributed by atoms with Crippen LogP contribution in [-0.4, -0.2) is 52.2 Å². The number of carbonyl (C=O) groups is 1. The summed E-state index contributed by atoms with van der Waals surface area (Å²) in [7, 11) is 0. The van der Waals surface area contributed by atoms with E-state index in [1.165, 1.54) is 10.6 Å². The molecule has 2 aliphatic rings. The van der Waals surface area contributed by atoms with Crippen LogP contribution in [0, 0.1) is 5.82 Å². The van der Waals surface area contributed by atoms with Gasteiger partial charge < -0.3 is 5.32 Å². The monoisotopic (exact) mass is 523 g/mol. The van der Waals surface area contributed by atoms with Crippen LogP contribution in [0.4, 0.5) is 4.39 Å². The summed E-state index contributed by atoms with van der Waals surface area (Å²) in [5.74, 6) is 0.961. The number of nitrogens with one attached hydrogen (secondary N) is 1. The van der Waals surface area contributed by atoms with Crippen LogP contribution in [0.25, 0.3) is 16.7 Å². The van der Waals surface area contributed by atoms with Crippen LogP contribution < -0.4 is 16.6 Å². The third-order valence-electron chi connectivity index (χ3n) is 7.34. The van der Waals surface area contributed by atoms with Gasteiger partial charge in [0.25, 0.3) is 11.5 Å². The molecule has 12 heteroatoms. The van der Waals surface area contributed by atoms with Crippen LogP contribution in [0.5, 0.6) is 0 Å². The molecule has 4 aromatic heterocycles. The summed E-state index contributed by atoms with van der Waals surface area (Å²) in [4.78, 5) is 48.3. The van der Waals surface area contributed by atoms with Gasteiger partial charge in [0.2, 0.25) is 0 Å². The normalized spacial score (nSPS) is 20.9. The quantitative estimate of drug-likeness (QED) is 0.437. The Hall–Kier alpha value is -3.54. The number of hydrogen-bond donors (Lipinski definition) is 1. The molecule has 1 saturated carbocycles. The molecule has 1 amide bonds. The lowest BCUT2D eigenvalue weighted by Gasteiger charge is -2.31. The van der Waals surface area contributed by atoms with Crippen molar-refractivity contribution in [2.24, 2.45) is 0 Å². The Labute approximate surface area is 214 Å². The van der Waals surface area contributed by atoms with Crippen LogP contribution in [-0.2, 0) is 0 Å². The summed E-state index contributed by atoms with van der Waals surface area (Å²) < 4.78 is 18.6. The van der Waals surface area contributed by atoms with Crippen LogP contribution in [0.15, 0.2) is 46.4 Å². The number of fused-ring (bicyclic) bond motifs is 2. The number of thioether (sulfide) groups is 1. The second-order valence-electron chi connectivity index (χ2n) is 9.63. The molecule has 1 saturated heterocycles. The Morgan fingerprint density at radius 2 is 1.76 bits per heavy atom. The average Bonchev–Trinajstić information content (AvgIpc) is 3.36. The summed E-state index contributed by atoms with van der Waals surface area (Å²) in [6.45, 7) is 0. The van der Waals surface area contributed by atoms with E-state index in [0.29, 0.717) is 31.3 Å². The van der Waals surface area contributed by atoms with Gasteiger partial charge in [0, 0.05) is 36.6 Å². The fourth-order valence-electron chi connectivity index (χ4n) is 5.48. The first kappa shape index (κ1) is 23.8. The predicted molar refractivity (Wildman–Crippen MR) is 138 cm³/mol. The lowest BCUT2D eigenvalue weighted by molar-refractivity contribution is 0.0916. The van der Waals surface area contributed by atoms with Gasteiger partial charge in [-0.2, -0.15) is 16.9 Å². The maximum Gasteiger partial charge on any atom is 0.333 e. The molecule has 1 aliphatic heterocycles. The molecule has 1 N–H and O–H groups in total. The highest BCUT2D eigenvalue weighted by Crippen LogP contribution is 2.30. The first-order valence-corrected chi connectivity index (χ1v) is 13.7. The molecule has 37 heavy (non-hydrogen) atoms. The molecule has 6 rings (SSSR count). The van der Waals surface area contributed by atoms with Crippen molar-refractivity contribution in [1.29, 1.82) is 0 Å². The number of carbonyl (C=O) groups excluding carboxylic acids is 1. The van der Waals surface area contributed by atoms with Gasteiger partial charge in [-0.3, -0.25) is 18.7 Å². The lowest BCUT2D eigenvalue weighted by Crippen LogP contribution is -2.46. The van der Waals surface area contributed by atoms with Gasteiger partial charge in [-0.25, -0.2) is 23.7 Å². The van der Waals surface area contributed by atoms with Gasteiger partial charge in [-0.05, 0) is 62.2 Å². The van der Waals surface area contributed by atoms with Crippen LogP contribution >= 0.6 is 11.8 Å². The number of pyridine rings is 1.